The maximum absolute atomic E-state index is 11.5. The van der Waals surface area contributed by atoms with E-state index in [1.54, 1.807) is 18.3 Å². The minimum atomic E-state index is -0.532. The van der Waals surface area contributed by atoms with E-state index in [0.717, 1.165) is 22.0 Å². The summed E-state index contributed by atoms with van der Waals surface area (Å²) in [5, 5.41) is 0.949. The standard InChI is InChI=1S/C18H16N2O2/c1-4-13(18(21)22-3)6-5-12(2)15-9-10-20-17-8-7-14(19)11-16(15)17/h1,5-11H,19H2,2-3H3. The van der Waals surface area contributed by atoms with Gasteiger partial charge >= 0.3 is 5.97 Å². The summed E-state index contributed by atoms with van der Waals surface area (Å²) in [6, 6.07) is 7.46. The van der Waals surface area contributed by atoms with Crippen molar-refractivity contribution < 1.29 is 9.53 Å². The fourth-order valence-electron chi connectivity index (χ4n) is 2.09. The van der Waals surface area contributed by atoms with Crippen LogP contribution < -0.4 is 5.73 Å². The second-order valence-electron chi connectivity index (χ2n) is 4.70. The van der Waals surface area contributed by atoms with E-state index in [9.17, 15) is 4.79 Å². The van der Waals surface area contributed by atoms with E-state index in [0.29, 0.717) is 5.69 Å². The number of allylic oxidation sites excluding steroid dienone is 3. The zero-order valence-corrected chi connectivity index (χ0v) is 12.5. The molecule has 110 valence electrons. The Balaban J connectivity index is 2.50. The number of hydrogen-bond acceptors (Lipinski definition) is 4. The minimum absolute atomic E-state index is 0.166. The Hall–Kier alpha value is -3.06. The second-order valence-corrected chi connectivity index (χ2v) is 4.70. The summed E-state index contributed by atoms with van der Waals surface area (Å²) in [6.45, 7) is 1.93. The maximum atomic E-state index is 11.5. The van der Waals surface area contributed by atoms with Crippen molar-refractivity contribution in [3.63, 3.8) is 0 Å². The third kappa shape index (κ3) is 3.15. The van der Waals surface area contributed by atoms with Gasteiger partial charge in [-0.3, -0.25) is 4.98 Å². The SMILES string of the molecule is C#CC(=CC=C(C)c1ccnc2ccc(N)cc12)C(=O)OC. The van der Waals surface area contributed by atoms with Crippen molar-refractivity contribution in [2.24, 2.45) is 0 Å². The van der Waals surface area contributed by atoms with E-state index in [-0.39, 0.29) is 5.57 Å². The molecule has 1 aromatic carbocycles. The molecule has 4 nitrogen and oxygen atoms in total. The maximum Gasteiger partial charge on any atom is 0.346 e. The van der Waals surface area contributed by atoms with E-state index < -0.39 is 5.97 Å². The lowest BCUT2D eigenvalue weighted by Crippen LogP contribution is -2.02. The van der Waals surface area contributed by atoms with Crippen molar-refractivity contribution in [3.8, 4) is 12.3 Å². The first kappa shape index (κ1) is 15.3. The highest BCUT2D eigenvalue weighted by molar-refractivity contribution is 5.95. The number of rotatable bonds is 3. The third-order valence-corrected chi connectivity index (χ3v) is 3.25. The predicted molar refractivity (Wildman–Crippen MR) is 88.7 cm³/mol. The molecule has 0 saturated heterocycles. The average Bonchev–Trinajstić information content (AvgIpc) is 2.54. The molecule has 4 heteroatoms. The largest absolute Gasteiger partial charge is 0.465 e. The summed E-state index contributed by atoms with van der Waals surface area (Å²) in [6.07, 6.45) is 10.4. The quantitative estimate of drug-likeness (QED) is 0.310. The lowest BCUT2D eigenvalue weighted by atomic mass is 10.0. The number of ether oxygens (including phenoxy) is 1. The Bertz CT molecular complexity index is 827. The lowest BCUT2D eigenvalue weighted by Gasteiger charge is -2.07. The number of nitrogen functional groups attached to an aromatic ring is 1. The number of terminal acetylenes is 1. The number of anilines is 1. The summed E-state index contributed by atoms with van der Waals surface area (Å²) < 4.78 is 4.62. The highest BCUT2D eigenvalue weighted by Crippen LogP contribution is 2.25. The third-order valence-electron chi connectivity index (χ3n) is 3.25. The van der Waals surface area contributed by atoms with Crippen molar-refractivity contribution in [1.29, 1.82) is 0 Å². The molecule has 0 aliphatic carbocycles. The molecule has 0 radical (unpaired) electrons. The predicted octanol–water partition coefficient (Wildman–Crippen LogP) is 2.95. The first-order valence-electron chi connectivity index (χ1n) is 6.65. The second kappa shape index (κ2) is 6.59. The van der Waals surface area contributed by atoms with Gasteiger partial charge in [0.2, 0.25) is 0 Å². The molecule has 1 aromatic heterocycles. The number of nitrogens with two attached hydrogens (primary N) is 1. The van der Waals surface area contributed by atoms with Crippen LogP contribution in [-0.4, -0.2) is 18.1 Å². The molecule has 0 atom stereocenters. The highest BCUT2D eigenvalue weighted by Gasteiger charge is 2.06. The van der Waals surface area contributed by atoms with Gasteiger partial charge in [0, 0.05) is 17.3 Å². The smallest absolute Gasteiger partial charge is 0.346 e. The normalized spacial score (nSPS) is 12.0. The first-order chi connectivity index (χ1) is 10.6. The molecule has 0 aliphatic rings. The molecule has 2 N–H and O–H groups in total. The van der Waals surface area contributed by atoms with E-state index in [1.165, 1.54) is 7.11 Å². The number of methoxy groups -OCH3 is 1. The number of benzene rings is 1. The molecular weight excluding hydrogens is 276 g/mol. The van der Waals surface area contributed by atoms with Crippen LogP contribution in [-0.2, 0) is 9.53 Å². The average molecular weight is 292 g/mol. The van der Waals surface area contributed by atoms with Crippen molar-refractivity contribution in [3.05, 3.63) is 53.8 Å². The molecule has 0 fully saturated rings. The van der Waals surface area contributed by atoms with E-state index in [2.05, 4.69) is 15.6 Å². The first-order valence-corrected chi connectivity index (χ1v) is 6.65. The number of aromatic nitrogens is 1. The van der Waals surface area contributed by atoms with Gasteiger partial charge in [-0.05, 0) is 48.4 Å². The zero-order valence-electron chi connectivity index (χ0n) is 12.5. The Labute approximate surface area is 129 Å². The molecule has 0 spiro atoms. The fourth-order valence-corrected chi connectivity index (χ4v) is 2.09. The van der Waals surface area contributed by atoms with Crippen LogP contribution in [0.4, 0.5) is 5.69 Å². The Morgan fingerprint density at radius 3 is 2.82 bits per heavy atom. The summed E-state index contributed by atoms with van der Waals surface area (Å²) in [4.78, 5) is 15.8. The van der Waals surface area contributed by atoms with Gasteiger partial charge in [-0.1, -0.05) is 12.0 Å². The topological polar surface area (TPSA) is 65.2 Å². The summed E-state index contributed by atoms with van der Waals surface area (Å²) in [7, 11) is 1.29. The van der Waals surface area contributed by atoms with Crippen molar-refractivity contribution in [2.45, 2.75) is 6.92 Å². The number of carbonyl (C=O) groups is 1. The molecule has 0 aliphatic heterocycles. The van der Waals surface area contributed by atoms with Crippen LogP contribution in [0.15, 0.2) is 48.2 Å². The minimum Gasteiger partial charge on any atom is -0.465 e. The van der Waals surface area contributed by atoms with Crippen LogP contribution in [0.1, 0.15) is 12.5 Å². The van der Waals surface area contributed by atoms with Gasteiger partial charge in [-0.2, -0.15) is 0 Å². The molecule has 0 bridgehead atoms. The van der Waals surface area contributed by atoms with Gasteiger partial charge < -0.3 is 10.5 Å². The van der Waals surface area contributed by atoms with Crippen LogP contribution in [0.25, 0.3) is 16.5 Å². The summed E-state index contributed by atoms with van der Waals surface area (Å²) in [5.41, 5.74) is 9.46. The van der Waals surface area contributed by atoms with Gasteiger partial charge in [-0.15, -0.1) is 6.42 Å². The number of carbonyl (C=O) groups excluding carboxylic acids is 1. The zero-order chi connectivity index (χ0) is 16.1. The van der Waals surface area contributed by atoms with E-state index in [1.807, 2.05) is 31.2 Å². The van der Waals surface area contributed by atoms with Crippen molar-refractivity contribution in [2.75, 3.05) is 12.8 Å². The van der Waals surface area contributed by atoms with Crippen molar-refractivity contribution >= 4 is 28.1 Å². The van der Waals surface area contributed by atoms with E-state index >= 15 is 0 Å². The lowest BCUT2D eigenvalue weighted by molar-refractivity contribution is -0.135. The molecule has 0 saturated carbocycles. The van der Waals surface area contributed by atoms with Gasteiger partial charge in [0.25, 0.3) is 0 Å². The molecule has 0 unspecified atom stereocenters. The van der Waals surface area contributed by atoms with Crippen LogP contribution in [0, 0.1) is 12.3 Å². The van der Waals surface area contributed by atoms with Gasteiger partial charge in [0.1, 0.15) is 5.57 Å². The summed E-state index contributed by atoms with van der Waals surface area (Å²) >= 11 is 0. The number of esters is 1. The Morgan fingerprint density at radius 1 is 1.36 bits per heavy atom. The van der Waals surface area contributed by atoms with E-state index in [4.69, 9.17) is 12.2 Å². The van der Waals surface area contributed by atoms with Crippen LogP contribution in [0.5, 0.6) is 0 Å². The molecule has 2 rings (SSSR count). The molecule has 2 aromatic rings. The molecular formula is C18H16N2O2. The van der Waals surface area contributed by atoms with Crippen LogP contribution in [0.3, 0.4) is 0 Å². The molecule has 1 heterocycles. The fraction of sp³-hybridized carbons (Fsp3) is 0.111. The van der Waals surface area contributed by atoms with Crippen molar-refractivity contribution in [1.82, 2.24) is 4.98 Å². The number of fused-ring (bicyclic) bond motifs is 1. The van der Waals surface area contributed by atoms with Gasteiger partial charge in [-0.25, -0.2) is 4.79 Å². The van der Waals surface area contributed by atoms with Gasteiger partial charge in [0.15, 0.2) is 0 Å². The van der Waals surface area contributed by atoms with Crippen LogP contribution >= 0.6 is 0 Å². The Kier molecular flexibility index (Phi) is 4.60. The Morgan fingerprint density at radius 2 is 2.14 bits per heavy atom. The summed E-state index contributed by atoms with van der Waals surface area (Å²) in [5.74, 6) is 1.78. The number of hydrogen-bond donors (Lipinski definition) is 1. The monoisotopic (exact) mass is 292 g/mol. The number of pyridine rings is 1. The number of nitrogens with zero attached hydrogens (tertiary/aromatic N) is 1. The highest BCUT2D eigenvalue weighted by atomic mass is 16.5. The van der Waals surface area contributed by atoms with Crippen LogP contribution in [0.2, 0.25) is 0 Å². The molecule has 22 heavy (non-hydrogen) atoms. The van der Waals surface area contributed by atoms with Gasteiger partial charge in [0.05, 0.1) is 12.6 Å². The molecule has 0 amide bonds.